The van der Waals surface area contributed by atoms with Gasteiger partial charge in [-0.05, 0) is 64.0 Å². The number of benzene rings is 1. The molecule has 0 aromatic heterocycles. The number of fused-ring (bicyclic) bond motifs is 1. The lowest BCUT2D eigenvalue weighted by atomic mass is 9.66. The average Bonchev–Trinajstić information content (AvgIpc) is 3.36. The highest BCUT2D eigenvalue weighted by Crippen LogP contribution is 2.63. The molecule has 3 aliphatic rings. The molecule has 1 spiro atoms. The molecular weight excluding hydrogens is 448 g/mol. The van der Waals surface area contributed by atoms with Gasteiger partial charge in [0, 0.05) is 25.4 Å². The number of carbonyl (C=O) groups excluding carboxylic acids is 2. The standard InChI is InChI=1S/C27H36N2O6/c1-5-14-28(21-17(2)10-9-11-18(21)3)24(32)22-27-13-12-26(4,35-27)20(25(33)34)19(27)23(31)29(22)15-7-6-8-16-30/h5,9-11,19-20,22,30H,1,6-8,12-16H2,2-4H3,(H,33,34)/t19-,20-,22?,26+,27?/m0/s1. The number of carbonyl (C=O) groups is 3. The van der Waals surface area contributed by atoms with E-state index in [2.05, 4.69) is 6.58 Å². The lowest BCUT2D eigenvalue weighted by molar-refractivity contribution is -0.154. The molecule has 1 aromatic carbocycles. The van der Waals surface area contributed by atoms with Crippen molar-refractivity contribution in [3.8, 4) is 0 Å². The molecule has 0 saturated carbocycles. The Labute approximate surface area is 206 Å². The summed E-state index contributed by atoms with van der Waals surface area (Å²) < 4.78 is 6.48. The third-order valence-corrected chi connectivity index (χ3v) is 8.12. The molecule has 2 unspecified atom stereocenters. The summed E-state index contributed by atoms with van der Waals surface area (Å²) in [6.45, 7) is 10.1. The highest BCUT2D eigenvalue weighted by molar-refractivity contribution is 6.05. The third kappa shape index (κ3) is 3.87. The minimum absolute atomic E-state index is 0.0606. The van der Waals surface area contributed by atoms with Gasteiger partial charge < -0.3 is 24.7 Å². The zero-order chi connectivity index (χ0) is 25.5. The molecule has 2 N–H and O–H groups in total. The molecule has 3 saturated heterocycles. The second-order valence-electron chi connectivity index (χ2n) is 10.4. The number of hydrogen-bond donors (Lipinski definition) is 2. The van der Waals surface area contributed by atoms with Gasteiger partial charge in [-0.25, -0.2) is 0 Å². The Balaban J connectivity index is 1.79. The molecule has 8 heteroatoms. The molecule has 190 valence electrons. The number of ether oxygens (including phenoxy) is 1. The van der Waals surface area contributed by atoms with Crippen LogP contribution >= 0.6 is 0 Å². The fraction of sp³-hybridized carbons (Fsp3) is 0.593. The number of amides is 2. The van der Waals surface area contributed by atoms with E-state index in [4.69, 9.17) is 9.84 Å². The number of likely N-dealkylation sites (tertiary alicyclic amines) is 1. The summed E-state index contributed by atoms with van der Waals surface area (Å²) in [6.07, 6.45) is 4.52. The number of rotatable bonds is 10. The van der Waals surface area contributed by atoms with Gasteiger partial charge in [-0.3, -0.25) is 14.4 Å². The summed E-state index contributed by atoms with van der Waals surface area (Å²) in [4.78, 5) is 43.8. The molecule has 2 amide bonds. The van der Waals surface area contributed by atoms with Gasteiger partial charge in [-0.15, -0.1) is 6.58 Å². The number of carboxylic acids is 1. The van der Waals surface area contributed by atoms with Crippen molar-refractivity contribution < 1.29 is 29.3 Å². The van der Waals surface area contributed by atoms with E-state index in [0.29, 0.717) is 38.6 Å². The topological polar surface area (TPSA) is 107 Å². The Hall–Kier alpha value is -2.71. The van der Waals surface area contributed by atoms with Crippen molar-refractivity contribution >= 4 is 23.5 Å². The van der Waals surface area contributed by atoms with Crippen LogP contribution in [0, 0.1) is 25.7 Å². The molecule has 1 aromatic rings. The molecule has 3 aliphatic heterocycles. The fourth-order valence-electron chi connectivity index (χ4n) is 6.69. The van der Waals surface area contributed by atoms with Crippen LogP contribution in [-0.2, 0) is 19.1 Å². The zero-order valence-corrected chi connectivity index (χ0v) is 20.8. The van der Waals surface area contributed by atoms with Crippen LogP contribution in [0.2, 0.25) is 0 Å². The van der Waals surface area contributed by atoms with E-state index in [9.17, 15) is 19.5 Å². The van der Waals surface area contributed by atoms with Gasteiger partial charge in [0.25, 0.3) is 5.91 Å². The Morgan fingerprint density at radius 2 is 1.91 bits per heavy atom. The molecule has 0 radical (unpaired) electrons. The second kappa shape index (κ2) is 9.39. The molecule has 8 nitrogen and oxygen atoms in total. The maximum Gasteiger partial charge on any atom is 0.310 e. The lowest BCUT2D eigenvalue weighted by Gasteiger charge is -2.37. The van der Waals surface area contributed by atoms with Crippen molar-refractivity contribution in [3.05, 3.63) is 42.0 Å². The number of unbranched alkanes of at least 4 members (excludes halogenated alkanes) is 2. The Morgan fingerprint density at radius 3 is 2.51 bits per heavy atom. The van der Waals surface area contributed by atoms with Crippen LogP contribution in [0.5, 0.6) is 0 Å². The third-order valence-electron chi connectivity index (χ3n) is 8.12. The number of aliphatic hydroxyl groups excluding tert-OH is 1. The SMILES string of the molecule is C=CCN(C(=O)C1N(CCCCCO)C(=O)[C@@H]2[C@@H](C(=O)O)[C@@]3(C)CCC12O3)c1c(C)cccc1C. The molecule has 3 fully saturated rings. The first-order valence-corrected chi connectivity index (χ1v) is 12.5. The normalized spacial score (nSPS) is 31.0. The quantitative estimate of drug-likeness (QED) is 0.391. The van der Waals surface area contributed by atoms with E-state index >= 15 is 0 Å². The summed E-state index contributed by atoms with van der Waals surface area (Å²) in [5.41, 5.74) is 0.493. The molecule has 4 rings (SSSR count). The Bertz CT molecular complexity index is 1020. The van der Waals surface area contributed by atoms with E-state index < -0.39 is 35.0 Å². The molecular formula is C27H36N2O6. The van der Waals surface area contributed by atoms with Crippen LogP contribution in [0.4, 0.5) is 5.69 Å². The Morgan fingerprint density at radius 1 is 1.23 bits per heavy atom. The second-order valence-corrected chi connectivity index (χ2v) is 10.4. The first-order valence-electron chi connectivity index (χ1n) is 12.5. The molecule has 0 aliphatic carbocycles. The van der Waals surface area contributed by atoms with Crippen molar-refractivity contribution in [2.75, 3.05) is 24.6 Å². The van der Waals surface area contributed by atoms with E-state index in [1.165, 1.54) is 0 Å². The highest BCUT2D eigenvalue weighted by atomic mass is 16.5. The van der Waals surface area contributed by atoms with E-state index in [0.717, 1.165) is 16.8 Å². The minimum Gasteiger partial charge on any atom is -0.481 e. The zero-order valence-electron chi connectivity index (χ0n) is 20.8. The number of hydrogen-bond acceptors (Lipinski definition) is 5. The van der Waals surface area contributed by atoms with Crippen LogP contribution < -0.4 is 4.90 Å². The van der Waals surface area contributed by atoms with Gasteiger partial charge in [0.05, 0.1) is 17.4 Å². The summed E-state index contributed by atoms with van der Waals surface area (Å²) in [7, 11) is 0. The minimum atomic E-state index is -1.17. The number of aryl methyl sites for hydroxylation is 2. The molecule has 5 atom stereocenters. The van der Waals surface area contributed by atoms with Crippen LogP contribution in [-0.4, -0.2) is 69.8 Å². The van der Waals surface area contributed by atoms with Gasteiger partial charge in [-0.1, -0.05) is 24.3 Å². The summed E-state index contributed by atoms with van der Waals surface area (Å²) in [6, 6.07) is 4.90. The van der Waals surface area contributed by atoms with Crippen LogP contribution in [0.1, 0.15) is 50.2 Å². The first-order chi connectivity index (χ1) is 16.6. The van der Waals surface area contributed by atoms with Crippen LogP contribution in [0.3, 0.4) is 0 Å². The van der Waals surface area contributed by atoms with Crippen molar-refractivity contribution in [1.82, 2.24) is 4.90 Å². The van der Waals surface area contributed by atoms with Crippen molar-refractivity contribution in [2.45, 2.75) is 70.1 Å². The van der Waals surface area contributed by atoms with Crippen molar-refractivity contribution in [1.29, 1.82) is 0 Å². The number of aliphatic hydroxyl groups is 1. The summed E-state index contributed by atoms with van der Waals surface area (Å²) in [5, 5.41) is 19.2. The lowest BCUT2D eigenvalue weighted by Crippen LogP contribution is -2.56. The van der Waals surface area contributed by atoms with Gasteiger partial charge in [0.2, 0.25) is 5.91 Å². The van der Waals surface area contributed by atoms with Gasteiger partial charge >= 0.3 is 5.97 Å². The van der Waals surface area contributed by atoms with Crippen molar-refractivity contribution in [2.24, 2.45) is 11.8 Å². The number of anilines is 1. The summed E-state index contributed by atoms with van der Waals surface area (Å²) in [5.74, 6) is -3.53. The average molecular weight is 485 g/mol. The molecule has 3 heterocycles. The molecule has 35 heavy (non-hydrogen) atoms. The Kier molecular flexibility index (Phi) is 6.81. The fourth-order valence-corrected chi connectivity index (χ4v) is 6.69. The maximum absolute atomic E-state index is 14.4. The predicted octanol–water partition coefficient (Wildman–Crippen LogP) is 2.83. The highest BCUT2D eigenvalue weighted by Gasteiger charge is 2.78. The molecule has 2 bridgehead atoms. The maximum atomic E-state index is 14.4. The number of nitrogens with zero attached hydrogens (tertiary/aromatic N) is 2. The van der Waals surface area contributed by atoms with Crippen LogP contribution in [0.25, 0.3) is 0 Å². The van der Waals surface area contributed by atoms with E-state index in [-0.39, 0.29) is 25.0 Å². The van der Waals surface area contributed by atoms with Crippen molar-refractivity contribution in [3.63, 3.8) is 0 Å². The summed E-state index contributed by atoms with van der Waals surface area (Å²) >= 11 is 0. The van der Waals surface area contributed by atoms with Gasteiger partial charge in [-0.2, -0.15) is 0 Å². The largest absolute Gasteiger partial charge is 0.481 e. The first kappa shape index (κ1) is 25.4. The van der Waals surface area contributed by atoms with E-state index in [1.54, 1.807) is 22.8 Å². The van der Waals surface area contributed by atoms with Gasteiger partial charge in [0.1, 0.15) is 11.6 Å². The monoisotopic (exact) mass is 484 g/mol. The number of para-hydroxylation sites is 1. The van der Waals surface area contributed by atoms with Gasteiger partial charge in [0.15, 0.2) is 0 Å². The predicted molar refractivity (Wildman–Crippen MR) is 131 cm³/mol. The number of carboxylic acid groups (broad SMARTS) is 1. The van der Waals surface area contributed by atoms with E-state index in [1.807, 2.05) is 32.0 Å². The smallest absolute Gasteiger partial charge is 0.310 e. The van der Waals surface area contributed by atoms with Crippen LogP contribution in [0.15, 0.2) is 30.9 Å². The number of aliphatic carboxylic acids is 1.